The molecule has 2 heteroatoms. The second-order valence-corrected chi connectivity index (χ2v) is 3.77. The molecule has 0 spiro atoms. The molecule has 1 atom stereocenters. The number of hydrogen-bond donors (Lipinski definition) is 1. The molecule has 0 rings (SSSR count). The van der Waals surface area contributed by atoms with Gasteiger partial charge in [-0.25, -0.2) is 0 Å². The highest BCUT2D eigenvalue weighted by Gasteiger charge is 2.34. The first-order valence-electron chi connectivity index (χ1n) is 5.59. The van der Waals surface area contributed by atoms with Crippen LogP contribution >= 0.6 is 0 Å². The highest BCUT2D eigenvalue weighted by molar-refractivity contribution is 4.94. The van der Waals surface area contributed by atoms with Gasteiger partial charge in [-0.2, -0.15) is 0 Å². The van der Waals surface area contributed by atoms with Crippen LogP contribution in [0.15, 0.2) is 0 Å². The minimum atomic E-state index is 0.212. The third-order valence-corrected chi connectivity index (χ3v) is 3.47. The molecule has 0 amide bonds. The predicted molar refractivity (Wildman–Crippen MR) is 59.9 cm³/mol. The van der Waals surface area contributed by atoms with Gasteiger partial charge in [-0.15, -0.1) is 0 Å². The lowest BCUT2D eigenvalue weighted by molar-refractivity contribution is 0.0685. The average molecular weight is 186 g/mol. The van der Waals surface area contributed by atoms with E-state index >= 15 is 0 Å². The zero-order valence-corrected chi connectivity index (χ0v) is 9.93. The molecule has 0 fully saturated rings. The third-order valence-electron chi connectivity index (χ3n) is 3.47. The van der Waals surface area contributed by atoms with Crippen molar-refractivity contribution in [1.82, 2.24) is 4.90 Å². The molecule has 2 nitrogen and oxygen atoms in total. The van der Waals surface area contributed by atoms with Gasteiger partial charge < -0.3 is 5.73 Å². The van der Waals surface area contributed by atoms with Crippen molar-refractivity contribution in [2.75, 3.05) is 13.1 Å². The molecule has 13 heavy (non-hydrogen) atoms. The predicted octanol–water partition coefficient (Wildman–Crippen LogP) is 2.23. The number of nitrogens with two attached hydrogens (primary N) is 1. The standard InChI is InChI=1S/C11H26N2/c1-6-11(7-2,10(5)12)13(8-3)9-4/h10H,6-9,12H2,1-5H3. The van der Waals surface area contributed by atoms with Crippen LogP contribution in [0.25, 0.3) is 0 Å². The molecule has 0 aliphatic rings. The zero-order valence-electron chi connectivity index (χ0n) is 9.93. The second-order valence-electron chi connectivity index (χ2n) is 3.77. The summed E-state index contributed by atoms with van der Waals surface area (Å²) in [7, 11) is 0. The number of rotatable bonds is 6. The number of likely N-dealkylation sites (N-methyl/N-ethyl adjacent to an activating group) is 1. The Balaban J connectivity index is 4.71. The van der Waals surface area contributed by atoms with Crippen LogP contribution in [-0.4, -0.2) is 29.6 Å². The molecule has 80 valence electrons. The number of hydrogen-bond acceptors (Lipinski definition) is 2. The lowest BCUT2D eigenvalue weighted by Crippen LogP contribution is -2.58. The van der Waals surface area contributed by atoms with E-state index in [0.29, 0.717) is 0 Å². The van der Waals surface area contributed by atoms with Gasteiger partial charge in [-0.3, -0.25) is 4.90 Å². The maximum atomic E-state index is 6.10. The van der Waals surface area contributed by atoms with Crippen molar-refractivity contribution in [3.8, 4) is 0 Å². The quantitative estimate of drug-likeness (QED) is 0.689. The summed E-state index contributed by atoms with van der Waals surface area (Å²) in [6, 6.07) is 0.252. The van der Waals surface area contributed by atoms with E-state index in [9.17, 15) is 0 Å². The lowest BCUT2D eigenvalue weighted by Gasteiger charge is -2.45. The van der Waals surface area contributed by atoms with Crippen molar-refractivity contribution in [2.24, 2.45) is 5.73 Å². The van der Waals surface area contributed by atoms with Crippen LogP contribution in [0.5, 0.6) is 0 Å². The van der Waals surface area contributed by atoms with Gasteiger partial charge in [0.25, 0.3) is 0 Å². The summed E-state index contributed by atoms with van der Waals surface area (Å²) in [6.45, 7) is 13.2. The first kappa shape index (κ1) is 12.9. The van der Waals surface area contributed by atoms with Crippen LogP contribution < -0.4 is 5.73 Å². The Kier molecular flexibility index (Phi) is 5.57. The minimum Gasteiger partial charge on any atom is -0.326 e. The van der Waals surface area contributed by atoms with Crippen LogP contribution in [0, 0.1) is 0 Å². The summed E-state index contributed by atoms with van der Waals surface area (Å²) in [4.78, 5) is 2.50. The molecule has 0 aromatic carbocycles. The maximum absolute atomic E-state index is 6.10. The van der Waals surface area contributed by atoms with Crippen LogP contribution in [0.1, 0.15) is 47.5 Å². The Labute approximate surface area is 83.5 Å². The highest BCUT2D eigenvalue weighted by atomic mass is 15.2. The third kappa shape index (κ3) is 2.44. The van der Waals surface area contributed by atoms with Crippen molar-refractivity contribution in [3.05, 3.63) is 0 Å². The van der Waals surface area contributed by atoms with Crippen molar-refractivity contribution < 1.29 is 0 Å². The smallest absolute Gasteiger partial charge is 0.0352 e. The first-order chi connectivity index (χ1) is 6.08. The summed E-state index contributed by atoms with van der Waals surface area (Å²) in [6.07, 6.45) is 2.28. The summed E-state index contributed by atoms with van der Waals surface area (Å²) in [5.41, 5.74) is 6.31. The molecule has 0 heterocycles. The lowest BCUT2D eigenvalue weighted by atomic mass is 9.84. The van der Waals surface area contributed by atoms with Crippen LogP contribution in [0.2, 0.25) is 0 Å². The van der Waals surface area contributed by atoms with Crippen LogP contribution in [0.4, 0.5) is 0 Å². The van der Waals surface area contributed by atoms with E-state index < -0.39 is 0 Å². The van der Waals surface area contributed by atoms with E-state index in [4.69, 9.17) is 5.73 Å². The monoisotopic (exact) mass is 186 g/mol. The highest BCUT2D eigenvalue weighted by Crippen LogP contribution is 2.26. The van der Waals surface area contributed by atoms with E-state index in [1.165, 1.54) is 0 Å². The van der Waals surface area contributed by atoms with Crippen molar-refractivity contribution >= 4 is 0 Å². The Bertz CT molecular complexity index is 124. The molecule has 0 saturated heterocycles. The Morgan fingerprint density at radius 2 is 1.46 bits per heavy atom. The van der Waals surface area contributed by atoms with E-state index in [0.717, 1.165) is 25.9 Å². The van der Waals surface area contributed by atoms with Gasteiger partial charge in [0.15, 0.2) is 0 Å². The largest absolute Gasteiger partial charge is 0.326 e. The molecular formula is C11H26N2. The molecule has 0 saturated carbocycles. The zero-order chi connectivity index (χ0) is 10.5. The molecule has 0 aliphatic carbocycles. The Morgan fingerprint density at radius 3 is 1.54 bits per heavy atom. The number of nitrogens with zero attached hydrogens (tertiary/aromatic N) is 1. The molecular weight excluding hydrogens is 160 g/mol. The fraction of sp³-hybridized carbons (Fsp3) is 1.00. The van der Waals surface area contributed by atoms with Gasteiger partial charge in [0.05, 0.1) is 0 Å². The van der Waals surface area contributed by atoms with Crippen molar-refractivity contribution in [2.45, 2.75) is 59.0 Å². The van der Waals surface area contributed by atoms with E-state index in [1.54, 1.807) is 0 Å². The van der Waals surface area contributed by atoms with Gasteiger partial charge in [-0.05, 0) is 32.9 Å². The molecule has 2 N–H and O–H groups in total. The summed E-state index contributed by atoms with van der Waals surface area (Å²) >= 11 is 0. The Hall–Kier alpha value is -0.0800. The Morgan fingerprint density at radius 1 is 1.08 bits per heavy atom. The van der Waals surface area contributed by atoms with E-state index in [2.05, 4.69) is 39.5 Å². The second kappa shape index (κ2) is 5.61. The van der Waals surface area contributed by atoms with Gasteiger partial charge in [0.1, 0.15) is 0 Å². The topological polar surface area (TPSA) is 29.3 Å². The van der Waals surface area contributed by atoms with Gasteiger partial charge in [0.2, 0.25) is 0 Å². The van der Waals surface area contributed by atoms with Gasteiger partial charge >= 0.3 is 0 Å². The van der Waals surface area contributed by atoms with E-state index in [-0.39, 0.29) is 11.6 Å². The maximum Gasteiger partial charge on any atom is 0.0352 e. The average Bonchev–Trinajstić information content (AvgIpc) is 2.13. The minimum absolute atomic E-state index is 0.212. The fourth-order valence-electron chi connectivity index (χ4n) is 2.48. The first-order valence-corrected chi connectivity index (χ1v) is 5.59. The van der Waals surface area contributed by atoms with Gasteiger partial charge in [-0.1, -0.05) is 27.7 Å². The molecule has 0 aromatic heterocycles. The fourth-order valence-corrected chi connectivity index (χ4v) is 2.48. The molecule has 1 unspecified atom stereocenters. The van der Waals surface area contributed by atoms with Crippen molar-refractivity contribution in [1.29, 1.82) is 0 Å². The SMILES string of the molecule is CCN(CC)C(CC)(CC)C(C)N. The molecule has 0 aliphatic heterocycles. The summed E-state index contributed by atoms with van der Waals surface area (Å²) in [5.74, 6) is 0. The molecule has 0 bridgehead atoms. The van der Waals surface area contributed by atoms with Crippen LogP contribution in [0.3, 0.4) is 0 Å². The van der Waals surface area contributed by atoms with Gasteiger partial charge in [0, 0.05) is 11.6 Å². The molecule has 0 aromatic rings. The van der Waals surface area contributed by atoms with E-state index in [1.807, 2.05) is 0 Å². The summed E-state index contributed by atoms with van der Waals surface area (Å²) in [5, 5.41) is 0. The normalized spacial score (nSPS) is 15.0. The molecule has 0 radical (unpaired) electrons. The summed E-state index contributed by atoms with van der Waals surface area (Å²) < 4.78 is 0. The van der Waals surface area contributed by atoms with Crippen LogP contribution in [-0.2, 0) is 0 Å². The van der Waals surface area contributed by atoms with Crippen molar-refractivity contribution in [3.63, 3.8) is 0 Å².